The average Bonchev–Trinajstić information content (AvgIpc) is 2.76. The summed E-state index contributed by atoms with van der Waals surface area (Å²) in [6.45, 7) is 3.92. The molecular weight excluding hydrogens is 372 g/mol. The molecule has 0 bridgehead atoms. The van der Waals surface area contributed by atoms with Gasteiger partial charge in [0.25, 0.3) is 0 Å². The van der Waals surface area contributed by atoms with Crippen molar-refractivity contribution >= 4 is 17.5 Å². The van der Waals surface area contributed by atoms with Crippen LogP contribution in [0.2, 0.25) is 0 Å². The number of carbonyl (C=O) groups is 2. The summed E-state index contributed by atoms with van der Waals surface area (Å²) < 4.78 is 0. The van der Waals surface area contributed by atoms with Gasteiger partial charge in [-0.25, -0.2) is 4.79 Å². The number of nitrogens with one attached hydrogen (secondary N) is 1. The summed E-state index contributed by atoms with van der Waals surface area (Å²) >= 11 is 0. The van der Waals surface area contributed by atoms with Crippen molar-refractivity contribution in [1.29, 1.82) is 0 Å². The summed E-state index contributed by atoms with van der Waals surface area (Å²) in [5, 5.41) is 3.06. The number of benzene rings is 3. The van der Waals surface area contributed by atoms with E-state index in [4.69, 9.17) is 0 Å². The maximum Gasteiger partial charge on any atom is 0.322 e. The molecule has 3 aromatic rings. The number of hydrogen-bond donors (Lipinski definition) is 1. The van der Waals surface area contributed by atoms with E-state index in [2.05, 4.69) is 5.32 Å². The van der Waals surface area contributed by atoms with Crippen molar-refractivity contribution in [3.63, 3.8) is 0 Å². The molecule has 3 atom stereocenters. The van der Waals surface area contributed by atoms with Crippen LogP contribution in [0.3, 0.4) is 0 Å². The molecule has 4 nitrogen and oxygen atoms in total. The SMILES string of the molecule is Cc1cccc(NC(=O)N2[C@H](c3ccccc3)CC(=O)[C@@H](C)[C@@H]2c2ccccc2)c1. The van der Waals surface area contributed by atoms with Crippen molar-refractivity contribution in [3.8, 4) is 0 Å². The van der Waals surface area contributed by atoms with Gasteiger partial charge in [-0.1, -0.05) is 79.7 Å². The smallest absolute Gasteiger partial charge is 0.309 e. The lowest BCUT2D eigenvalue weighted by Gasteiger charge is -2.45. The lowest BCUT2D eigenvalue weighted by atomic mass is 9.80. The number of hydrogen-bond acceptors (Lipinski definition) is 2. The van der Waals surface area contributed by atoms with Crippen LogP contribution in [-0.4, -0.2) is 16.7 Å². The number of nitrogens with zero attached hydrogens (tertiary/aromatic N) is 1. The summed E-state index contributed by atoms with van der Waals surface area (Å²) in [7, 11) is 0. The van der Waals surface area contributed by atoms with E-state index in [-0.39, 0.29) is 29.8 Å². The monoisotopic (exact) mass is 398 g/mol. The summed E-state index contributed by atoms with van der Waals surface area (Å²) in [4.78, 5) is 28.4. The minimum Gasteiger partial charge on any atom is -0.309 e. The van der Waals surface area contributed by atoms with E-state index >= 15 is 0 Å². The molecular formula is C26H26N2O2. The Balaban J connectivity index is 1.77. The largest absolute Gasteiger partial charge is 0.322 e. The first-order valence-corrected chi connectivity index (χ1v) is 10.3. The molecule has 1 fully saturated rings. The second-order valence-electron chi connectivity index (χ2n) is 7.95. The molecule has 0 radical (unpaired) electrons. The third-order valence-electron chi connectivity index (χ3n) is 5.84. The number of ketones is 1. The third kappa shape index (κ3) is 3.99. The molecule has 30 heavy (non-hydrogen) atoms. The van der Waals surface area contributed by atoms with E-state index in [1.807, 2.05) is 104 Å². The molecule has 1 N–H and O–H groups in total. The van der Waals surface area contributed by atoms with Gasteiger partial charge < -0.3 is 10.2 Å². The highest BCUT2D eigenvalue weighted by molar-refractivity contribution is 5.93. The van der Waals surface area contributed by atoms with Gasteiger partial charge in [0.2, 0.25) is 0 Å². The van der Waals surface area contributed by atoms with E-state index < -0.39 is 0 Å². The number of urea groups is 1. The number of piperidine rings is 1. The Morgan fingerprint density at radius 2 is 1.53 bits per heavy atom. The van der Waals surface area contributed by atoms with Crippen molar-refractivity contribution in [2.75, 3.05) is 5.32 Å². The quantitative estimate of drug-likeness (QED) is 0.595. The first kappa shape index (κ1) is 19.9. The minimum atomic E-state index is -0.331. The first-order valence-electron chi connectivity index (χ1n) is 10.3. The Labute approximate surface area is 177 Å². The topological polar surface area (TPSA) is 49.4 Å². The van der Waals surface area contributed by atoms with Crippen LogP contribution in [0.5, 0.6) is 0 Å². The normalized spacial score (nSPS) is 21.3. The van der Waals surface area contributed by atoms with E-state index in [0.717, 1.165) is 22.4 Å². The van der Waals surface area contributed by atoms with E-state index in [1.165, 1.54) is 0 Å². The Morgan fingerprint density at radius 3 is 2.17 bits per heavy atom. The fraction of sp³-hybridized carbons (Fsp3) is 0.231. The van der Waals surface area contributed by atoms with Crippen molar-refractivity contribution in [2.24, 2.45) is 5.92 Å². The van der Waals surface area contributed by atoms with Gasteiger partial charge in [-0.3, -0.25) is 4.79 Å². The molecule has 1 aliphatic heterocycles. The molecule has 0 aliphatic carbocycles. The molecule has 4 rings (SSSR count). The van der Waals surface area contributed by atoms with Crippen LogP contribution in [0.1, 0.15) is 42.1 Å². The molecule has 0 saturated carbocycles. The fourth-order valence-electron chi connectivity index (χ4n) is 4.32. The molecule has 2 amide bonds. The summed E-state index contributed by atoms with van der Waals surface area (Å²) in [5.41, 5.74) is 3.77. The fourth-order valence-corrected chi connectivity index (χ4v) is 4.32. The second kappa shape index (κ2) is 8.54. The lowest BCUT2D eigenvalue weighted by molar-refractivity contribution is -0.129. The Bertz CT molecular complexity index is 1030. The summed E-state index contributed by atoms with van der Waals surface area (Å²) in [6, 6.07) is 26.6. The first-order chi connectivity index (χ1) is 14.5. The van der Waals surface area contributed by atoms with Gasteiger partial charge in [0.1, 0.15) is 5.78 Å². The van der Waals surface area contributed by atoms with Gasteiger partial charge in [-0.15, -0.1) is 0 Å². The highest BCUT2D eigenvalue weighted by atomic mass is 16.2. The number of aryl methyl sites for hydroxylation is 1. The summed E-state index contributed by atoms with van der Waals surface area (Å²) in [6.07, 6.45) is 0.315. The van der Waals surface area contributed by atoms with Crippen molar-refractivity contribution in [2.45, 2.75) is 32.4 Å². The molecule has 152 valence electrons. The Hall–Kier alpha value is -3.40. The molecule has 3 aromatic carbocycles. The maximum atomic E-state index is 13.6. The zero-order valence-electron chi connectivity index (χ0n) is 17.3. The highest BCUT2D eigenvalue weighted by Gasteiger charge is 2.44. The van der Waals surface area contributed by atoms with E-state index in [1.54, 1.807) is 0 Å². The zero-order valence-corrected chi connectivity index (χ0v) is 17.3. The van der Waals surface area contributed by atoms with Crippen LogP contribution < -0.4 is 5.32 Å². The van der Waals surface area contributed by atoms with Crippen LogP contribution in [0.4, 0.5) is 10.5 Å². The van der Waals surface area contributed by atoms with Crippen LogP contribution in [-0.2, 0) is 4.79 Å². The Morgan fingerprint density at radius 1 is 0.900 bits per heavy atom. The number of rotatable bonds is 3. The Kier molecular flexibility index (Phi) is 5.66. The molecule has 0 aromatic heterocycles. The van der Waals surface area contributed by atoms with Gasteiger partial charge in [0.15, 0.2) is 0 Å². The van der Waals surface area contributed by atoms with Gasteiger partial charge in [0.05, 0.1) is 12.1 Å². The van der Waals surface area contributed by atoms with Crippen molar-refractivity contribution in [1.82, 2.24) is 4.90 Å². The number of anilines is 1. The summed E-state index contributed by atoms with van der Waals surface area (Å²) in [5.74, 6) is -0.104. The zero-order chi connectivity index (χ0) is 21.1. The van der Waals surface area contributed by atoms with Crippen LogP contribution in [0.25, 0.3) is 0 Å². The predicted octanol–water partition coefficient (Wildman–Crippen LogP) is 5.92. The van der Waals surface area contributed by atoms with Crippen LogP contribution in [0, 0.1) is 12.8 Å². The second-order valence-corrected chi connectivity index (χ2v) is 7.95. The molecule has 0 unspecified atom stereocenters. The van der Waals surface area contributed by atoms with Crippen LogP contribution in [0.15, 0.2) is 84.9 Å². The maximum absolute atomic E-state index is 13.6. The van der Waals surface area contributed by atoms with Gasteiger partial charge in [0, 0.05) is 18.0 Å². The molecule has 1 saturated heterocycles. The minimum absolute atomic E-state index is 0.178. The molecule has 1 aliphatic rings. The predicted molar refractivity (Wildman–Crippen MR) is 119 cm³/mol. The molecule has 1 heterocycles. The lowest BCUT2D eigenvalue weighted by Crippen LogP contribution is -2.49. The van der Waals surface area contributed by atoms with Crippen molar-refractivity contribution < 1.29 is 9.59 Å². The number of Topliss-reactive ketones (excluding diaryl/α,β-unsaturated/α-hetero) is 1. The average molecular weight is 399 g/mol. The highest BCUT2D eigenvalue weighted by Crippen LogP contribution is 2.43. The number of amides is 2. The van der Waals surface area contributed by atoms with Crippen molar-refractivity contribution in [3.05, 3.63) is 102 Å². The van der Waals surface area contributed by atoms with Gasteiger partial charge in [-0.05, 0) is 35.7 Å². The van der Waals surface area contributed by atoms with E-state index in [9.17, 15) is 9.59 Å². The molecule has 0 spiro atoms. The van der Waals surface area contributed by atoms with Gasteiger partial charge >= 0.3 is 6.03 Å². The van der Waals surface area contributed by atoms with Gasteiger partial charge in [-0.2, -0.15) is 0 Å². The van der Waals surface area contributed by atoms with Crippen LogP contribution >= 0.6 is 0 Å². The molecule has 4 heteroatoms. The number of likely N-dealkylation sites (tertiary alicyclic amines) is 1. The standard InChI is InChI=1S/C26H26N2O2/c1-18-10-9-15-22(16-18)27-26(30)28-23(20-11-5-3-6-12-20)17-24(29)19(2)25(28)21-13-7-4-8-14-21/h3-16,19,23,25H,17H2,1-2H3,(H,27,30)/t19-,23+,25-/m1/s1. The third-order valence-corrected chi connectivity index (χ3v) is 5.84. The van der Waals surface area contributed by atoms with E-state index in [0.29, 0.717) is 6.42 Å². The number of carbonyl (C=O) groups excluding carboxylic acids is 2.